The number of halogens is 3. The molecule has 0 bridgehead atoms. The van der Waals surface area contributed by atoms with Crippen molar-refractivity contribution < 1.29 is 18.0 Å². The highest BCUT2D eigenvalue weighted by Crippen LogP contribution is 2.31. The zero-order valence-corrected chi connectivity index (χ0v) is 19.0. The van der Waals surface area contributed by atoms with Crippen molar-refractivity contribution in [2.24, 2.45) is 0 Å². The van der Waals surface area contributed by atoms with Crippen LogP contribution in [0.1, 0.15) is 27.2 Å². The predicted octanol–water partition coefficient (Wildman–Crippen LogP) is 2.22. The van der Waals surface area contributed by atoms with Gasteiger partial charge in [-0.3, -0.25) is 19.5 Å². The number of amides is 1. The largest absolute Gasteiger partial charge is 0.422 e. The molecule has 1 atom stereocenters. The standard InChI is InChI=1S/C23H22F3N7O2/c1-13-19(23(24,25)26)22(35)31-18-7-14(9-30-20(13)18)11-32-5-6-33(16(8-27)12-32)15-3-4-17(29-10-15)21(34)28-2/h3-4,7,9-10,16H,5-6,11-12H2,1-2H3,(H,28,34)(H,31,35)/t16-/m1/s1. The highest BCUT2D eigenvalue weighted by Gasteiger charge is 2.37. The van der Waals surface area contributed by atoms with Gasteiger partial charge in [0.25, 0.3) is 11.5 Å². The summed E-state index contributed by atoms with van der Waals surface area (Å²) >= 11 is 0. The molecule has 1 aliphatic heterocycles. The van der Waals surface area contributed by atoms with Gasteiger partial charge < -0.3 is 15.2 Å². The molecule has 0 aromatic carbocycles. The maximum absolute atomic E-state index is 13.2. The van der Waals surface area contributed by atoms with Gasteiger partial charge in [-0.05, 0) is 36.2 Å². The van der Waals surface area contributed by atoms with E-state index in [-0.39, 0.29) is 28.2 Å². The zero-order valence-electron chi connectivity index (χ0n) is 19.0. The number of anilines is 1. The van der Waals surface area contributed by atoms with E-state index in [4.69, 9.17) is 0 Å². The van der Waals surface area contributed by atoms with Crippen molar-refractivity contribution in [1.82, 2.24) is 25.2 Å². The summed E-state index contributed by atoms with van der Waals surface area (Å²) in [6, 6.07) is 6.78. The first-order chi connectivity index (χ1) is 16.6. The van der Waals surface area contributed by atoms with Gasteiger partial charge in [0.15, 0.2) is 0 Å². The number of nitrogens with one attached hydrogen (secondary N) is 2. The third kappa shape index (κ3) is 4.81. The summed E-state index contributed by atoms with van der Waals surface area (Å²) in [7, 11) is 1.52. The van der Waals surface area contributed by atoms with E-state index in [0.29, 0.717) is 31.7 Å². The molecule has 182 valence electrons. The topological polar surface area (TPSA) is 118 Å². The molecule has 9 nitrogen and oxygen atoms in total. The molecule has 0 aliphatic carbocycles. The number of carbonyl (C=O) groups excluding carboxylic acids is 1. The third-order valence-electron chi connectivity index (χ3n) is 5.99. The Morgan fingerprint density at radius 1 is 1.29 bits per heavy atom. The molecule has 1 fully saturated rings. The molecular weight excluding hydrogens is 463 g/mol. The van der Waals surface area contributed by atoms with Gasteiger partial charge in [0.2, 0.25) is 0 Å². The van der Waals surface area contributed by atoms with Crippen molar-refractivity contribution in [2.75, 3.05) is 31.6 Å². The molecule has 4 rings (SSSR count). The molecule has 1 aliphatic rings. The molecule has 0 radical (unpaired) electrons. The van der Waals surface area contributed by atoms with Gasteiger partial charge >= 0.3 is 6.18 Å². The fourth-order valence-electron chi connectivity index (χ4n) is 4.28. The van der Waals surface area contributed by atoms with Crippen molar-refractivity contribution in [3.8, 4) is 6.07 Å². The summed E-state index contributed by atoms with van der Waals surface area (Å²) in [5.74, 6) is -0.298. The molecule has 1 amide bonds. The number of aromatic amines is 1. The minimum absolute atomic E-state index is 0.0908. The number of hydrogen-bond acceptors (Lipinski definition) is 7. The van der Waals surface area contributed by atoms with Crippen LogP contribution in [0.2, 0.25) is 0 Å². The van der Waals surface area contributed by atoms with Crippen LogP contribution in [0.3, 0.4) is 0 Å². The third-order valence-corrected chi connectivity index (χ3v) is 5.99. The van der Waals surface area contributed by atoms with Gasteiger partial charge in [-0.25, -0.2) is 4.98 Å². The summed E-state index contributed by atoms with van der Waals surface area (Å²) in [5.41, 5.74) is -0.616. The molecule has 0 saturated carbocycles. The summed E-state index contributed by atoms with van der Waals surface area (Å²) in [4.78, 5) is 38.3. The highest BCUT2D eigenvalue weighted by molar-refractivity contribution is 5.92. The second-order valence-corrected chi connectivity index (χ2v) is 8.25. The van der Waals surface area contributed by atoms with Crippen LogP contribution in [-0.4, -0.2) is 58.5 Å². The average Bonchev–Trinajstić information content (AvgIpc) is 2.82. The Bertz CT molecular complexity index is 1360. The number of nitrogens with zero attached hydrogens (tertiary/aromatic N) is 5. The van der Waals surface area contributed by atoms with Crippen LogP contribution in [0.4, 0.5) is 18.9 Å². The van der Waals surface area contributed by atoms with Crippen LogP contribution in [0, 0.1) is 18.3 Å². The van der Waals surface area contributed by atoms with Crippen LogP contribution in [0.5, 0.6) is 0 Å². The first-order valence-corrected chi connectivity index (χ1v) is 10.8. The van der Waals surface area contributed by atoms with E-state index in [0.717, 1.165) is 5.69 Å². The number of pyridine rings is 3. The number of H-pyrrole nitrogens is 1. The molecule has 3 aromatic rings. The van der Waals surface area contributed by atoms with Crippen molar-refractivity contribution in [3.05, 3.63) is 63.3 Å². The van der Waals surface area contributed by atoms with Crippen LogP contribution in [0.25, 0.3) is 11.0 Å². The Hall–Kier alpha value is -3.98. The van der Waals surface area contributed by atoms with E-state index in [1.807, 2.05) is 9.80 Å². The Morgan fingerprint density at radius 3 is 2.69 bits per heavy atom. The van der Waals surface area contributed by atoms with Crippen molar-refractivity contribution in [2.45, 2.75) is 25.7 Å². The first kappa shape index (κ1) is 24.2. The molecule has 0 unspecified atom stereocenters. The van der Waals surface area contributed by atoms with Crippen LogP contribution in [-0.2, 0) is 12.7 Å². The lowest BCUT2D eigenvalue weighted by Crippen LogP contribution is -2.52. The molecule has 12 heteroatoms. The zero-order chi connectivity index (χ0) is 25.3. The lowest BCUT2D eigenvalue weighted by molar-refractivity contribution is -0.139. The van der Waals surface area contributed by atoms with Crippen LogP contribution < -0.4 is 15.8 Å². The van der Waals surface area contributed by atoms with Gasteiger partial charge in [-0.15, -0.1) is 0 Å². The fourth-order valence-corrected chi connectivity index (χ4v) is 4.28. The van der Waals surface area contributed by atoms with Gasteiger partial charge in [0.1, 0.15) is 17.3 Å². The van der Waals surface area contributed by atoms with Crippen molar-refractivity contribution >= 4 is 22.6 Å². The molecule has 35 heavy (non-hydrogen) atoms. The second kappa shape index (κ2) is 9.34. The van der Waals surface area contributed by atoms with E-state index in [9.17, 15) is 28.0 Å². The predicted molar refractivity (Wildman–Crippen MR) is 122 cm³/mol. The molecular formula is C23H22F3N7O2. The van der Waals surface area contributed by atoms with Crippen molar-refractivity contribution in [1.29, 1.82) is 5.26 Å². The summed E-state index contributed by atoms with van der Waals surface area (Å²) in [6.07, 6.45) is -1.72. The smallest absolute Gasteiger partial charge is 0.354 e. The van der Waals surface area contributed by atoms with Gasteiger partial charge in [-0.1, -0.05) is 0 Å². The van der Waals surface area contributed by atoms with Crippen molar-refractivity contribution in [3.63, 3.8) is 0 Å². The maximum atomic E-state index is 13.2. The van der Waals surface area contributed by atoms with Gasteiger partial charge in [0, 0.05) is 39.4 Å². The van der Waals surface area contributed by atoms with Gasteiger partial charge in [-0.2, -0.15) is 18.4 Å². The number of nitriles is 1. The molecule has 1 saturated heterocycles. The molecule has 4 heterocycles. The molecule has 2 N–H and O–H groups in total. The van der Waals surface area contributed by atoms with Crippen LogP contribution in [0.15, 0.2) is 35.4 Å². The minimum Gasteiger partial charge on any atom is -0.354 e. The number of hydrogen-bond donors (Lipinski definition) is 2. The highest BCUT2D eigenvalue weighted by atomic mass is 19.4. The minimum atomic E-state index is -4.77. The Labute approximate surface area is 198 Å². The Balaban J connectivity index is 1.51. The number of piperazine rings is 1. The van der Waals surface area contributed by atoms with Crippen LogP contribution >= 0.6 is 0 Å². The van der Waals surface area contributed by atoms with E-state index in [1.165, 1.54) is 20.2 Å². The molecule has 3 aromatic heterocycles. The summed E-state index contributed by atoms with van der Waals surface area (Å²) in [6.45, 7) is 3.19. The number of aromatic nitrogens is 3. The Morgan fingerprint density at radius 2 is 2.06 bits per heavy atom. The maximum Gasteiger partial charge on any atom is 0.422 e. The fraction of sp³-hybridized carbons (Fsp3) is 0.348. The normalized spacial score (nSPS) is 16.8. The first-order valence-electron chi connectivity index (χ1n) is 10.8. The Kier molecular flexibility index (Phi) is 6.45. The number of carbonyl (C=O) groups is 1. The lowest BCUT2D eigenvalue weighted by atomic mass is 10.1. The number of aryl methyl sites for hydroxylation is 1. The summed E-state index contributed by atoms with van der Waals surface area (Å²) in [5, 5.41) is 12.2. The van der Waals surface area contributed by atoms with E-state index in [1.54, 1.807) is 24.4 Å². The molecule has 0 spiro atoms. The lowest BCUT2D eigenvalue weighted by Gasteiger charge is -2.39. The summed E-state index contributed by atoms with van der Waals surface area (Å²) < 4.78 is 39.6. The van der Waals surface area contributed by atoms with E-state index in [2.05, 4.69) is 26.3 Å². The van der Waals surface area contributed by atoms with E-state index < -0.39 is 23.3 Å². The number of rotatable bonds is 4. The second-order valence-electron chi connectivity index (χ2n) is 8.25. The monoisotopic (exact) mass is 485 g/mol. The van der Waals surface area contributed by atoms with Gasteiger partial charge in [0.05, 0.1) is 29.0 Å². The number of fused-ring (bicyclic) bond motifs is 1. The average molecular weight is 485 g/mol. The van der Waals surface area contributed by atoms with E-state index >= 15 is 0 Å². The SMILES string of the molecule is CNC(=O)c1ccc(N2CCN(Cc3cnc4c(C)c(C(F)(F)F)c(=O)[nH]c4c3)C[C@H]2C#N)cn1. The quantitative estimate of drug-likeness (QED) is 0.582. The number of alkyl halides is 3.